The highest BCUT2D eigenvalue weighted by Crippen LogP contribution is 2.57. The minimum absolute atomic E-state index is 0.0666. The van der Waals surface area contributed by atoms with Gasteiger partial charge in [-0.25, -0.2) is 0 Å². The quantitative estimate of drug-likeness (QED) is 0.777. The van der Waals surface area contributed by atoms with Crippen LogP contribution in [0.3, 0.4) is 0 Å². The third-order valence-corrected chi connectivity index (χ3v) is 7.78. The van der Waals surface area contributed by atoms with Gasteiger partial charge in [0, 0.05) is 44.7 Å². The molecule has 160 valence electrons. The molecule has 1 aromatic heterocycles. The summed E-state index contributed by atoms with van der Waals surface area (Å²) in [5, 5.41) is 3.97. The van der Waals surface area contributed by atoms with Gasteiger partial charge in [0.25, 0.3) is 5.91 Å². The Balaban J connectivity index is 1.33. The number of hydrogen-bond acceptors (Lipinski definition) is 5. The number of aromatic nitrogens is 1. The van der Waals surface area contributed by atoms with Crippen molar-refractivity contribution in [1.29, 1.82) is 0 Å². The summed E-state index contributed by atoms with van der Waals surface area (Å²) in [5.41, 5.74) is 3.15. The third kappa shape index (κ3) is 3.17. The number of carbonyl (C=O) groups excluding carboxylic acids is 1. The van der Waals surface area contributed by atoms with Gasteiger partial charge in [-0.3, -0.25) is 9.69 Å². The molecule has 5 rings (SSSR count). The first kappa shape index (κ1) is 19.8. The molecular weight excluding hydrogens is 378 g/mol. The first-order chi connectivity index (χ1) is 14.5. The van der Waals surface area contributed by atoms with Gasteiger partial charge in [-0.1, -0.05) is 35.5 Å². The number of hydrogen-bond donors (Lipinski definition) is 0. The Morgan fingerprint density at radius 3 is 2.43 bits per heavy atom. The smallest absolute Gasteiger partial charge is 0.259 e. The van der Waals surface area contributed by atoms with Crippen molar-refractivity contribution in [3.05, 3.63) is 52.9 Å². The van der Waals surface area contributed by atoms with Crippen molar-refractivity contribution in [3.63, 3.8) is 0 Å². The summed E-state index contributed by atoms with van der Waals surface area (Å²) in [4.78, 5) is 17.7. The normalized spacial score (nSPS) is 26.1. The van der Waals surface area contributed by atoms with Crippen LogP contribution in [0, 0.1) is 24.7 Å². The third-order valence-electron chi connectivity index (χ3n) is 7.78. The standard InChI is InChI=1S/C24H31N3O3/c1-18-21(19(2)30-25-18)22(28)27-11-8-23(9-12-27)15-26(14-20-6-4-3-5-7-20)16-24(23)10-13-29-17-24/h3-7H,8-17H2,1-2H3/t24-/m1/s1. The lowest BCUT2D eigenvalue weighted by Gasteiger charge is -2.47. The van der Waals surface area contributed by atoms with Crippen molar-refractivity contribution >= 4 is 5.91 Å². The zero-order valence-electron chi connectivity index (χ0n) is 18.0. The van der Waals surface area contributed by atoms with Crippen LogP contribution < -0.4 is 0 Å². The predicted molar refractivity (Wildman–Crippen MR) is 113 cm³/mol. The number of amides is 1. The van der Waals surface area contributed by atoms with Crippen LogP contribution in [-0.2, 0) is 11.3 Å². The van der Waals surface area contributed by atoms with Crippen molar-refractivity contribution in [2.45, 2.75) is 39.7 Å². The predicted octanol–water partition coefficient (Wildman–Crippen LogP) is 3.44. The fraction of sp³-hybridized carbons (Fsp3) is 0.583. The van der Waals surface area contributed by atoms with Crippen LogP contribution in [0.25, 0.3) is 0 Å². The Hall–Kier alpha value is -2.18. The van der Waals surface area contributed by atoms with Crippen molar-refractivity contribution in [2.24, 2.45) is 10.8 Å². The van der Waals surface area contributed by atoms with E-state index in [4.69, 9.17) is 9.26 Å². The number of aryl methyl sites for hydroxylation is 2. The van der Waals surface area contributed by atoms with Crippen molar-refractivity contribution in [2.75, 3.05) is 39.4 Å². The molecule has 1 aromatic carbocycles. The molecule has 0 saturated carbocycles. The van der Waals surface area contributed by atoms with Gasteiger partial charge in [-0.05, 0) is 44.1 Å². The van der Waals surface area contributed by atoms with Crippen molar-refractivity contribution in [1.82, 2.24) is 15.0 Å². The number of piperidine rings is 1. The summed E-state index contributed by atoms with van der Waals surface area (Å²) >= 11 is 0. The first-order valence-corrected chi connectivity index (χ1v) is 11.1. The fourth-order valence-electron chi connectivity index (χ4n) is 6.12. The average Bonchev–Trinajstić information content (AvgIpc) is 3.43. The minimum atomic E-state index is 0.0666. The number of benzene rings is 1. The Bertz CT molecular complexity index is 890. The Kier molecular flexibility index (Phi) is 4.94. The van der Waals surface area contributed by atoms with Gasteiger partial charge in [-0.2, -0.15) is 0 Å². The summed E-state index contributed by atoms with van der Waals surface area (Å²) < 4.78 is 11.2. The van der Waals surface area contributed by atoms with Crippen LogP contribution >= 0.6 is 0 Å². The zero-order valence-corrected chi connectivity index (χ0v) is 18.0. The van der Waals surface area contributed by atoms with Crippen LogP contribution in [0.4, 0.5) is 0 Å². The summed E-state index contributed by atoms with van der Waals surface area (Å²) in [5.74, 6) is 0.685. The van der Waals surface area contributed by atoms with E-state index in [0.717, 1.165) is 65.2 Å². The van der Waals surface area contributed by atoms with Crippen LogP contribution in [-0.4, -0.2) is 60.3 Å². The molecule has 1 amide bonds. The number of rotatable bonds is 3. The number of nitrogens with zero attached hydrogens (tertiary/aromatic N) is 3. The lowest BCUT2D eigenvalue weighted by molar-refractivity contribution is 0.00828. The van der Waals surface area contributed by atoms with Gasteiger partial charge in [0.05, 0.1) is 12.3 Å². The zero-order chi connectivity index (χ0) is 20.8. The van der Waals surface area contributed by atoms with Crippen molar-refractivity contribution < 1.29 is 14.1 Å². The van der Waals surface area contributed by atoms with Gasteiger partial charge in [0.15, 0.2) is 0 Å². The van der Waals surface area contributed by atoms with Crippen LogP contribution in [0.1, 0.15) is 46.6 Å². The summed E-state index contributed by atoms with van der Waals surface area (Å²) in [6.45, 7) is 10.2. The molecule has 1 atom stereocenters. The molecule has 2 aromatic rings. The van der Waals surface area contributed by atoms with Gasteiger partial charge in [0.2, 0.25) is 0 Å². The van der Waals surface area contributed by atoms with E-state index >= 15 is 0 Å². The molecule has 0 unspecified atom stereocenters. The second kappa shape index (κ2) is 7.50. The molecule has 0 radical (unpaired) electrons. The minimum Gasteiger partial charge on any atom is -0.381 e. The van der Waals surface area contributed by atoms with E-state index in [1.54, 1.807) is 0 Å². The Morgan fingerprint density at radius 1 is 1.07 bits per heavy atom. The largest absolute Gasteiger partial charge is 0.381 e. The maximum atomic E-state index is 13.1. The molecule has 4 heterocycles. The fourth-order valence-corrected chi connectivity index (χ4v) is 6.12. The summed E-state index contributed by atoms with van der Waals surface area (Å²) in [6, 6.07) is 10.7. The van der Waals surface area contributed by atoms with E-state index in [1.165, 1.54) is 5.56 Å². The molecule has 6 heteroatoms. The molecule has 0 N–H and O–H groups in total. The number of fused-ring (bicyclic) bond motifs is 1. The van der Waals surface area contributed by atoms with Crippen molar-refractivity contribution in [3.8, 4) is 0 Å². The molecule has 0 bridgehead atoms. The van der Waals surface area contributed by atoms with Crippen LogP contribution in [0.5, 0.6) is 0 Å². The van der Waals surface area contributed by atoms with E-state index in [2.05, 4.69) is 40.4 Å². The maximum Gasteiger partial charge on any atom is 0.259 e. The highest BCUT2D eigenvalue weighted by atomic mass is 16.5. The van der Waals surface area contributed by atoms with Crippen LogP contribution in [0.2, 0.25) is 0 Å². The summed E-state index contributed by atoms with van der Waals surface area (Å²) in [6.07, 6.45) is 3.21. The highest BCUT2D eigenvalue weighted by Gasteiger charge is 2.59. The lowest BCUT2D eigenvalue weighted by atomic mass is 9.60. The van der Waals surface area contributed by atoms with E-state index < -0.39 is 0 Å². The molecule has 3 aliphatic heterocycles. The average molecular weight is 410 g/mol. The van der Waals surface area contributed by atoms with E-state index in [9.17, 15) is 4.79 Å². The molecule has 3 aliphatic rings. The molecule has 3 fully saturated rings. The monoisotopic (exact) mass is 409 g/mol. The lowest BCUT2D eigenvalue weighted by Crippen LogP contribution is -2.51. The number of carbonyl (C=O) groups is 1. The Morgan fingerprint density at radius 2 is 1.80 bits per heavy atom. The molecular formula is C24H31N3O3. The second-order valence-electron chi connectivity index (χ2n) is 9.49. The first-order valence-electron chi connectivity index (χ1n) is 11.1. The SMILES string of the molecule is Cc1noc(C)c1C(=O)N1CCC2(CC1)CN(Cc1ccccc1)C[C@@]21CCOC1. The van der Waals surface area contributed by atoms with Gasteiger partial charge >= 0.3 is 0 Å². The van der Waals surface area contributed by atoms with E-state index in [0.29, 0.717) is 17.0 Å². The molecule has 0 aliphatic carbocycles. The van der Waals surface area contributed by atoms with Gasteiger partial charge in [0.1, 0.15) is 11.3 Å². The highest BCUT2D eigenvalue weighted by molar-refractivity contribution is 5.96. The summed E-state index contributed by atoms with van der Waals surface area (Å²) in [7, 11) is 0. The van der Waals surface area contributed by atoms with E-state index in [-0.39, 0.29) is 16.7 Å². The molecule has 30 heavy (non-hydrogen) atoms. The Labute approximate surface area is 178 Å². The maximum absolute atomic E-state index is 13.1. The van der Waals surface area contributed by atoms with Gasteiger partial charge in [-0.15, -0.1) is 0 Å². The molecule has 6 nitrogen and oxygen atoms in total. The number of ether oxygens (including phenoxy) is 1. The van der Waals surface area contributed by atoms with E-state index in [1.807, 2.05) is 18.7 Å². The van der Waals surface area contributed by atoms with Gasteiger partial charge < -0.3 is 14.2 Å². The van der Waals surface area contributed by atoms with Crippen LogP contribution in [0.15, 0.2) is 34.9 Å². The molecule has 3 saturated heterocycles. The second-order valence-corrected chi connectivity index (χ2v) is 9.49. The molecule has 2 spiro atoms. The number of likely N-dealkylation sites (tertiary alicyclic amines) is 2. The topological polar surface area (TPSA) is 58.8 Å².